The zero-order valence-corrected chi connectivity index (χ0v) is 18.7. The van der Waals surface area contributed by atoms with Crippen LogP contribution in [0, 0.1) is 12.8 Å². The molecule has 1 saturated heterocycles. The Morgan fingerprint density at radius 2 is 1.77 bits per heavy atom. The highest BCUT2D eigenvalue weighted by atomic mass is 32.2. The molecule has 0 spiro atoms. The third-order valence-electron chi connectivity index (χ3n) is 6.13. The fraction of sp³-hybridized carbons (Fsp3) is 0.320. The molecular formula is C25H27NO4S. The highest BCUT2D eigenvalue weighted by molar-refractivity contribution is 7.89. The Morgan fingerprint density at radius 1 is 1.06 bits per heavy atom. The fourth-order valence-electron chi connectivity index (χ4n) is 4.35. The number of benzene rings is 2. The van der Waals surface area contributed by atoms with Crippen molar-refractivity contribution < 1.29 is 17.9 Å². The number of carbonyl (C=O) groups excluding carboxylic acids is 1. The molecule has 2 aromatic rings. The molecule has 1 unspecified atom stereocenters. The second-order valence-electron chi connectivity index (χ2n) is 8.23. The number of rotatable bonds is 6. The zero-order valence-electron chi connectivity index (χ0n) is 17.9. The summed E-state index contributed by atoms with van der Waals surface area (Å²) in [4.78, 5) is 12.8. The Morgan fingerprint density at radius 3 is 2.45 bits per heavy atom. The molecule has 0 amide bonds. The average Bonchev–Trinajstić information content (AvgIpc) is 3.21. The number of hydrogen-bond acceptors (Lipinski definition) is 4. The highest BCUT2D eigenvalue weighted by Gasteiger charge is 2.38. The summed E-state index contributed by atoms with van der Waals surface area (Å²) >= 11 is 0. The first-order valence-corrected chi connectivity index (χ1v) is 11.9. The van der Waals surface area contributed by atoms with Crippen molar-refractivity contribution in [1.82, 2.24) is 4.31 Å². The molecule has 2 aromatic carbocycles. The number of nitrogens with zero attached hydrogens (tertiary/aromatic N) is 1. The van der Waals surface area contributed by atoms with E-state index in [2.05, 4.69) is 12.1 Å². The van der Waals surface area contributed by atoms with Crippen molar-refractivity contribution >= 4 is 16.0 Å². The lowest BCUT2D eigenvalue weighted by molar-refractivity contribution is -0.135. The van der Waals surface area contributed by atoms with Gasteiger partial charge in [0.15, 0.2) is 0 Å². The van der Waals surface area contributed by atoms with Crippen LogP contribution in [-0.4, -0.2) is 38.9 Å². The molecule has 1 aliphatic carbocycles. The van der Waals surface area contributed by atoms with Gasteiger partial charge in [-0.1, -0.05) is 53.6 Å². The number of fused-ring (bicyclic) bond motifs is 1. The quantitative estimate of drug-likeness (QED) is 0.640. The van der Waals surface area contributed by atoms with E-state index in [4.69, 9.17) is 4.74 Å². The molecule has 1 aliphatic heterocycles. The van der Waals surface area contributed by atoms with Gasteiger partial charge in [-0.3, -0.25) is 0 Å². The first kappa shape index (κ1) is 21.5. The minimum Gasteiger partial charge on any atom is -0.465 e. The van der Waals surface area contributed by atoms with Gasteiger partial charge in [0.05, 0.1) is 17.6 Å². The molecule has 31 heavy (non-hydrogen) atoms. The lowest BCUT2D eigenvalue weighted by Gasteiger charge is -2.22. The minimum absolute atomic E-state index is 0.0967. The predicted octanol–water partition coefficient (Wildman–Crippen LogP) is 4.05. The van der Waals surface area contributed by atoms with Gasteiger partial charge in [-0.2, -0.15) is 4.31 Å². The Bertz CT molecular complexity index is 1130. The van der Waals surface area contributed by atoms with E-state index < -0.39 is 10.0 Å². The summed E-state index contributed by atoms with van der Waals surface area (Å²) in [7, 11) is -2.19. The zero-order chi connectivity index (χ0) is 22.0. The number of hydrogen-bond donors (Lipinski definition) is 0. The number of sulfonamides is 1. The second-order valence-corrected chi connectivity index (χ2v) is 10.2. The van der Waals surface area contributed by atoms with Crippen molar-refractivity contribution in [1.29, 1.82) is 0 Å². The van der Waals surface area contributed by atoms with E-state index in [9.17, 15) is 13.2 Å². The first-order chi connectivity index (χ1) is 14.9. The highest BCUT2D eigenvalue weighted by Crippen LogP contribution is 2.39. The minimum atomic E-state index is -3.57. The molecule has 5 nitrogen and oxygen atoms in total. The SMILES string of the molecule is COC(=O)C1=C(CCc2ccccc2)CC2CN(S(=O)(=O)c3ccc(C)cc3)CC2=C1. The summed E-state index contributed by atoms with van der Waals surface area (Å²) in [6.07, 6.45) is 4.13. The molecule has 0 saturated carbocycles. The summed E-state index contributed by atoms with van der Waals surface area (Å²) in [5, 5.41) is 0. The molecule has 162 valence electrons. The van der Waals surface area contributed by atoms with Crippen molar-refractivity contribution in [3.8, 4) is 0 Å². The number of carbonyl (C=O) groups is 1. The van der Waals surface area contributed by atoms with Gasteiger partial charge in [0, 0.05) is 13.1 Å². The van der Waals surface area contributed by atoms with Crippen LogP contribution in [0.5, 0.6) is 0 Å². The summed E-state index contributed by atoms with van der Waals surface area (Å²) in [5.41, 5.74) is 4.84. The number of ether oxygens (including phenoxy) is 1. The molecule has 0 aromatic heterocycles. The molecule has 6 heteroatoms. The fourth-order valence-corrected chi connectivity index (χ4v) is 5.82. The maximum absolute atomic E-state index is 13.1. The summed E-state index contributed by atoms with van der Waals surface area (Å²) in [5.74, 6) is -0.256. The van der Waals surface area contributed by atoms with Gasteiger partial charge in [0.2, 0.25) is 10.0 Å². The third kappa shape index (κ3) is 4.50. The summed E-state index contributed by atoms with van der Waals surface area (Å²) in [6, 6.07) is 17.1. The van der Waals surface area contributed by atoms with Crippen LogP contribution < -0.4 is 0 Å². The van der Waals surface area contributed by atoms with Crippen molar-refractivity contribution in [3.63, 3.8) is 0 Å². The monoisotopic (exact) mass is 437 g/mol. The average molecular weight is 438 g/mol. The molecule has 0 N–H and O–H groups in total. The number of allylic oxidation sites excluding steroid dienone is 1. The van der Waals surface area contributed by atoms with Gasteiger partial charge in [-0.05, 0) is 61.4 Å². The number of esters is 1. The molecule has 1 atom stereocenters. The Hall–Kier alpha value is -2.70. The summed E-state index contributed by atoms with van der Waals surface area (Å²) in [6.45, 7) is 2.68. The van der Waals surface area contributed by atoms with E-state index >= 15 is 0 Å². The van der Waals surface area contributed by atoms with Crippen molar-refractivity contribution in [2.24, 2.45) is 5.92 Å². The van der Waals surface area contributed by atoms with Crippen LogP contribution in [0.25, 0.3) is 0 Å². The van der Waals surface area contributed by atoms with Gasteiger partial charge >= 0.3 is 5.97 Å². The van der Waals surface area contributed by atoms with Gasteiger partial charge < -0.3 is 4.74 Å². The molecule has 1 heterocycles. The van der Waals surface area contributed by atoms with E-state index in [-0.39, 0.29) is 11.9 Å². The second kappa shape index (κ2) is 8.81. The molecule has 0 radical (unpaired) electrons. The summed E-state index contributed by atoms with van der Waals surface area (Å²) < 4.78 is 32.8. The van der Waals surface area contributed by atoms with Crippen molar-refractivity contribution in [3.05, 3.63) is 88.5 Å². The molecule has 4 rings (SSSR count). The van der Waals surface area contributed by atoms with Crippen LogP contribution in [0.3, 0.4) is 0 Å². The van der Waals surface area contributed by atoms with Gasteiger partial charge in [0.25, 0.3) is 0 Å². The predicted molar refractivity (Wildman–Crippen MR) is 120 cm³/mol. The maximum atomic E-state index is 13.1. The van der Waals surface area contributed by atoms with E-state index in [0.717, 1.165) is 29.6 Å². The standard InChI is InChI=1S/C25H27NO4S/c1-18-8-12-23(13-9-18)31(28,29)26-16-21-14-20(11-10-19-6-4-3-5-7-19)24(25(27)30-2)15-22(21)17-26/h3-9,12-13,15,21H,10-11,14,16-17H2,1-2H3. The topological polar surface area (TPSA) is 63.7 Å². The van der Waals surface area contributed by atoms with Crippen LogP contribution in [-0.2, 0) is 26.0 Å². The molecule has 1 fully saturated rings. The molecular weight excluding hydrogens is 410 g/mol. The lowest BCUT2D eigenvalue weighted by Crippen LogP contribution is -2.29. The number of aryl methyl sites for hydroxylation is 2. The Kier molecular flexibility index (Phi) is 6.12. The lowest BCUT2D eigenvalue weighted by atomic mass is 9.83. The molecule has 0 bridgehead atoms. The van der Waals surface area contributed by atoms with Gasteiger partial charge in [0.1, 0.15) is 0 Å². The van der Waals surface area contributed by atoms with Crippen LogP contribution in [0.1, 0.15) is 24.0 Å². The normalized spacial score (nSPS) is 19.2. The van der Waals surface area contributed by atoms with Crippen molar-refractivity contribution in [2.75, 3.05) is 20.2 Å². The van der Waals surface area contributed by atoms with Gasteiger partial charge in [-0.25, -0.2) is 13.2 Å². The van der Waals surface area contributed by atoms with E-state index in [1.165, 1.54) is 17.0 Å². The van der Waals surface area contributed by atoms with Crippen molar-refractivity contribution in [2.45, 2.75) is 31.1 Å². The Labute approximate surface area is 184 Å². The van der Waals surface area contributed by atoms with Crippen LogP contribution in [0.15, 0.2) is 82.3 Å². The van der Waals surface area contributed by atoms with Crippen LogP contribution >= 0.6 is 0 Å². The van der Waals surface area contributed by atoms with E-state index in [1.54, 1.807) is 12.1 Å². The Balaban J connectivity index is 1.55. The van der Waals surface area contributed by atoms with E-state index in [0.29, 0.717) is 30.0 Å². The maximum Gasteiger partial charge on any atom is 0.337 e. The third-order valence-corrected chi connectivity index (χ3v) is 7.96. The first-order valence-electron chi connectivity index (χ1n) is 10.5. The smallest absolute Gasteiger partial charge is 0.337 e. The largest absolute Gasteiger partial charge is 0.465 e. The van der Waals surface area contributed by atoms with E-state index in [1.807, 2.05) is 43.3 Å². The van der Waals surface area contributed by atoms with Crippen LogP contribution in [0.4, 0.5) is 0 Å². The number of methoxy groups -OCH3 is 1. The van der Waals surface area contributed by atoms with Gasteiger partial charge in [-0.15, -0.1) is 0 Å². The molecule has 2 aliphatic rings. The van der Waals surface area contributed by atoms with Crippen LogP contribution in [0.2, 0.25) is 0 Å².